The van der Waals surface area contributed by atoms with Gasteiger partial charge in [-0.15, -0.1) is 0 Å². The van der Waals surface area contributed by atoms with Crippen LogP contribution in [0.25, 0.3) is 0 Å². The van der Waals surface area contributed by atoms with Gasteiger partial charge in [-0.3, -0.25) is 0 Å². The molecular weight excluding hydrogens is 194 g/mol. The number of allylic oxidation sites excluding steroid dienone is 1. The zero-order valence-corrected chi connectivity index (χ0v) is 11.0. The third-order valence-corrected chi connectivity index (χ3v) is 3.65. The van der Waals surface area contributed by atoms with E-state index in [0.717, 1.165) is 0 Å². The van der Waals surface area contributed by atoms with Crippen LogP contribution in [-0.4, -0.2) is 7.05 Å². The summed E-state index contributed by atoms with van der Waals surface area (Å²) >= 11 is 0. The lowest BCUT2D eigenvalue weighted by Crippen LogP contribution is -2.14. The average molecular weight is 215 g/mol. The molecule has 0 fully saturated rings. The van der Waals surface area contributed by atoms with E-state index in [1.165, 1.54) is 22.5 Å². The van der Waals surface area contributed by atoms with Gasteiger partial charge >= 0.3 is 0 Å². The number of rotatable bonds is 0. The number of likely N-dealkylation sites (N-methyl/N-ethyl adjacent to an activating group) is 1. The van der Waals surface area contributed by atoms with E-state index in [0.29, 0.717) is 5.92 Å². The summed E-state index contributed by atoms with van der Waals surface area (Å²) in [6, 6.07) is 6.82. The molecule has 2 rings (SSSR count). The monoisotopic (exact) mass is 215 g/mol. The smallest absolute Gasteiger partial charge is 0.0447 e. The summed E-state index contributed by atoms with van der Waals surface area (Å²) in [5, 5.41) is 0. The molecule has 0 saturated carbocycles. The van der Waals surface area contributed by atoms with Crippen LogP contribution >= 0.6 is 0 Å². The summed E-state index contributed by atoms with van der Waals surface area (Å²) in [5.74, 6) is 0.453. The molecule has 16 heavy (non-hydrogen) atoms. The number of nitrogens with zero attached hydrogens (tertiary/aromatic N) is 1. The second-order valence-electron chi connectivity index (χ2n) is 5.80. The molecule has 1 atom stereocenters. The lowest BCUT2D eigenvalue weighted by molar-refractivity contribution is 0.590. The first-order valence-corrected chi connectivity index (χ1v) is 5.89. The van der Waals surface area contributed by atoms with Crippen LogP contribution in [0, 0.1) is 0 Å². The van der Waals surface area contributed by atoms with E-state index >= 15 is 0 Å². The summed E-state index contributed by atoms with van der Waals surface area (Å²) in [4.78, 5) is 2.22. The minimum absolute atomic E-state index is 0.211. The molecule has 1 heteroatoms. The molecular formula is C15H21N. The Morgan fingerprint density at radius 1 is 1.25 bits per heavy atom. The SMILES string of the molecule is C=C1C(C)c2ccc(C(C)(C)C)cc2N1C. The van der Waals surface area contributed by atoms with E-state index in [2.05, 4.69) is 64.4 Å². The van der Waals surface area contributed by atoms with Gasteiger partial charge in [-0.25, -0.2) is 0 Å². The normalized spacial score (nSPS) is 20.2. The van der Waals surface area contributed by atoms with Crippen LogP contribution in [0.4, 0.5) is 5.69 Å². The topological polar surface area (TPSA) is 3.24 Å². The van der Waals surface area contributed by atoms with Gasteiger partial charge < -0.3 is 4.90 Å². The summed E-state index contributed by atoms with van der Waals surface area (Å²) < 4.78 is 0. The molecule has 0 amide bonds. The number of hydrogen-bond acceptors (Lipinski definition) is 1. The molecule has 0 spiro atoms. The molecule has 1 nitrogen and oxygen atoms in total. The average Bonchev–Trinajstić information content (AvgIpc) is 2.43. The molecule has 0 aromatic heterocycles. The van der Waals surface area contributed by atoms with Crippen LogP contribution in [0.2, 0.25) is 0 Å². The van der Waals surface area contributed by atoms with Gasteiger partial charge in [0.25, 0.3) is 0 Å². The Balaban J connectivity index is 2.54. The van der Waals surface area contributed by atoms with Crippen LogP contribution in [0.15, 0.2) is 30.5 Å². The van der Waals surface area contributed by atoms with E-state index in [1.807, 2.05) is 0 Å². The first-order valence-electron chi connectivity index (χ1n) is 5.89. The number of anilines is 1. The van der Waals surface area contributed by atoms with Crippen LogP contribution in [0.1, 0.15) is 44.7 Å². The fourth-order valence-electron chi connectivity index (χ4n) is 2.29. The van der Waals surface area contributed by atoms with E-state index in [4.69, 9.17) is 0 Å². The fraction of sp³-hybridized carbons (Fsp3) is 0.467. The van der Waals surface area contributed by atoms with Gasteiger partial charge in [0.1, 0.15) is 0 Å². The highest BCUT2D eigenvalue weighted by molar-refractivity contribution is 5.68. The third kappa shape index (κ3) is 1.55. The molecule has 0 aliphatic carbocycles. The molecule has 0 bridgehead atoms. The highest BCUT2D eigenvalue weighted by Gasteiger charge is 2.28. The van der Waals surface area contributed by atoms with Crippen molar-refractivity contribution < 1.29 is 0 Å². The molecule has 0 N–H and O–H groups in total. The Labute approximate surface area is 98.8 Å². The van der Waals surface area contributed by atoms with Crippen LogP contribution in [0.5, 0.6) is 0 Å². The van der Waals surface area contributed by atoms with Gasteiger partial charge in [-0.05, 0) is 22.6 Å². The van der Waals surface area contributed by atoms with Crippen molar-refractivity contribution in [3.63, 3.8) is 0 Å². The highest BCUT2D eigenvalue weighted by atomic mass is 15.1. The Kier molecular flexibility index (Phi) is 2.37. The predicted octanol–water partition coefficient (Wildman–Crippen LogP) is 4.05. The van der Waals surface area contributed by atoms with Crippen molar-refractivity contribution in [2.24, 2.45) is 0 Å². The molecule has 0 radical (unpaired) electrons. The van der Waals surface area contributed by atoms with Crippen LogP contribution < -0.4 is 4.90 Å². The number of fused-ring (bicyclic) bond motifs is 1. The largest absolute Gasteiger partial charge is 0.348 e. The first kappa shape index (κ1) is 11.3. The molecule has 1 aliphatic heterocycles. The van der Waals surface area contributed by atoms with Crippen molar-refractivity contribution >= 4 is 5.69 Å². The van der Waals surface area contributed by atoms with Crippen molar-refractivity contribution in [3.05, 3.63) is 41.6 Å². The molecule has 86 valence electrons. The minimum Gasteiger partial charge on any atom is -0.348 e. The lowest BCUT2D eigenvalue weighted by Gasteiger charge is -2.21. The number of hydrogen-bond donors (Lipinski definition) is 0. The molecule has 1 heterocycles. The molecule has 0 saturated heterocycles. The Morgan fingerprint density at radius 2 is 1.88 bits per heavy atom. The maximum atomic E-state index is 4.15. The van der Waals surface area contributed by atoms with E-state index in [1.54, 1.807) is 0 Å². The van der Waals surface area contributed by atoms with Crippen molar-refractivity contribution in [3.8, 4) is 0 Å². The van der Waals surface area contributed by atoms with Crippen molar-refractivity contribution in [1.29, 1.82) is 0 Å². The standard InChI is InChI=1S/C15H21N/c1-10-11(2)16(6)14-9-12(15(3,4)5)7-8-13(10)14/h7-10H,2H2,1,3-6H3. The maximum absolute atomic E-state index is 4.15. The molecule has 1 aromatic carbocycles. The third-order valence-electron chi connectivity index (χ3n) is 3.65. The van der Waals surface area contributed by atoms with E-state index < -0.39 is 0 Å². The maximum Gasteiger partial charge on any atom is 0.0447 e. The minimum atomic E-state index is 0.211. The quantitative estimate of drug-likeness (QED) is 0.631. The van der Waals surface area contributed by atoms with Gasteiger partial charge in [0.05, 0.1) is 0 Å². The molecule has 1 unspecified atom stereocenters. The van der Waals surface area contributed by atoms with Gasteiger partial charge in [-0.2, -0.15) is 0 Å². The Morgan fingerprint density at radius 3 is 2.44 bits per heavy atom. The van der Waals surface area contributed by atoms with Crippen LogP contribution in [-0.2, 0) is 5.41 Å². The zero-order chi connectivity index (χ0) is 12.1. The van der Waals surface area contributed by atoms with Gasteiger partial charge in [0.2, 0.25) is 0 Å². The Bertz CT molecular complexity index is 437. The zero-order valence-electron chi connectivity index (χ0n) is 11.0. The van der Waals surface area contributed by atoms with Gasteiger partial charge in [0, 0.05) is 24.4 Å². The first-order chi connectivity index (χ1) is 7.32. The van der Waals surface area contributed by atoms with Crippen molar-refractivity contribution in [2.75, 3.05) is 11.9 Å². The summed E-state index contributed by atoms with van der Waals surface area (Å²) in [6.45, 7) is 13.1. The second kappa shape index (κ2) is 3.38. The summed E-state index contributed by atoms with van der Waals surface area (Å²) in [5.41, 5.74) is 5.52. The molecule has 1 aliphatic rings. The second-order valence-corrected chi connectivity index (χ2v) is 5.80. The number of benzene rings is 1. The highest BCUT2D eigenvalue weighted by Crippen LogP contribution is 2.43. The van der Waals surface area contributed by atoms with Gasteiger partial charge in [-0.1, -0.05) is 46.4 Å². The summed E-state index contributed by atoms with van der Waals surface area (Å²) in [6.07, 6.45) is 0. The van der Waals surface area contributed by atoms with E-state index in [-0.39, 0.29) is 5.41 Å². The fourth-order valence-corrected chi connectivity index (χ4v) is 2.29. The Hall–Kier alpha value is -1.24. The van der Waals surface area contributed by atoms with E-state index in [9.17, 15) is 0 Å². The van der Waals surface area contributed by atoms with Crippen molar-refractivity contribution in [2.45, 2.75) is 39.0 Å². The lowest BCUT2D eigenvalue weighted by atomic mass is 9.85. The van der Waals surface area contributed by atoms with Gasteiger partial charge in [0.15, 0.2) is 0 Å². The van der Waals surface area contributed by atoms with Crippen molar-refractivity contribution in [1.82, 2.24) is 0 Å². The predicted molar refractivity (Wildman–Crippen MR) is 71.1 cm³/mol. The van der Waals surface area contributed by atoms with Crippen LogP contribution in [0.3, 0.4) is 0 Å². The summed E-state index contributed by atoms with van der Waals surface area (Å²) in [7, 11) is 2.11. The molecule has 1 aromatic rings.